The van der Waals surface area contributed by atoms with Gasteiger partial charge in [0.15, 0.2) is 0 Å². The molecule has 1 aromatic rings. The average Bonchev–Trinajstić information content (AvgIpc) is 2.27. The van der Waals surface area contributed by atoms with Gasteiger partial charge in [-0.1, -0.05) is 0 Å². The van der Waals surface area contributed by atoms with Gasteiger partial charge in [-0.15, -0.1) is 11.8 Å². The largest absolute Gasteiger partial charge is 0.481 e. The number of aliphatic carboxylic acids is 1. The number of carboxylic acid groups (broad SMARTS) is 1. The lowest BCUT2D eigenvalue weighted by Crippen LogP contribution is -2.25. The highest BCUT2D eigenvalue weighted by molar-refractivity contribution is 8.00. The van der Waals surface area contributed by atoms with E-state index in [1.54, 1.807) is 12.4 Å². The van der Waals surface area contributed by atoms with Gasteiger partial charge < -0.3 is 10.4 Å². The second-order valence-corrected chi connectivity index (χ2v) is 4.45. The van der Waals surface area contributed by atoms with Crippen LogP contribution >= 0.6 is 11.8 Å². The maximum atomic E-state index is 11.4. The Morgan fingerprint density at radius 3 is 2.88 bits per heavy atom. The second-order valence-electron chi connectivity index (χ2n) is 3.47. The number of nitrogens with zero attached hydrogens (tertiary/aromatic N) is 1. The van der Waals surface area contributed by atoms with Gasteiger partial charge in [0.1, 0.15) is 0 Å². The number of amides is 1. The van der Waals surface area contributed by atoms with Gasteiger partial charge in [-0.3, -0.25) is 14.6 Å². The number of hydrogen-bond acceptors (Lipinski definition) is 4. The van der Waals surface area contributed by atoms with Crippen molar-refractivity contribution in [3.8, 4) is 0 Å². The lowest BCUT2D eigenvalue weighted by molar-refractivity contribution is -0.133. The number of hydrogen-bond donors (Lipinski definition) is 2. The van der Waals surface area contributed by atoms with Crippen molar-refractivity contribution < 1.29 is 14.7 Å². The topological polar surface area (TPSA) is 79.3 Å². The molecule has 1 rings (SSSR count). The van der Waals surface area contributed by atoms with Crippen molar-refractivity contribution in [3.05, 3.63) is 29.6 Å². The third-order valence-electron chi connectivity index (χ3n) is 2.08. The third kappa shape index (κ3) is 5.35. The summed E-state index contributed by atoms with van der Waals surface area (Å²) in [5.74, 6) is -0.976. The number of aromatic nitrogens is 1. The minimum absolute atomic E-state index is 0.0562. The summed E-state index contributed by atoms with van der Waals surface area (Å²) >= 11 is 1.08. The number of carboxylic acids is 1. The standard InChI is InChI=1S/C11H14N2O3S/c1-8-2-3-12-4-9(8)5-13-10(14)6-17-7-11(15)16/h2-4H,5-7H2,1H3,(H,13,14)(H,15,16). The smallest absolute Gasteiger partial charge is 0.313 e. The molecule has 1 aromatic heterocycles. The van der Waals surface area contributed by atoms with E-state index >= 15 is 0 Å². The molecule has 2 N–H and O–H groups in total. The highest BCUT2D eigenvalue weighted by Crippen LogP contribution is 2.04. The van der Waals surface area contributed by atoms with Gasteiger partial charge in [-0.05, 0) is 24.1 Å². The van der Waals surface area contributed by atoms with Gasteiger partial charge in [-0.2, -0.15) is 0 Å². The molecule has 0 aromatic carbocycles. The molecule has 0 saturated heterocycles. The van der Waals surface area contributed by atoms with Crippen LogP contribution in [-0.4, -0.2) is 33.5 Å². The Kier molecular flexibility index (Phi) is 5.48. The molecule has 0 aliphatic rings. The van der Waals surface area contributed by atoms with Crippen LogP contribution < -0.4 is 5.32 Å². The Labute approximate surface area is 104 Å². The van der Waals surface area contributed by atoms with Crippen molar-refractivity contribution in [3.63, 3.8) is 0 Å². The van der Waals surface area contributed by atoms with Gasteiger partial charge in [0, 0.05) is 18.9 Å². The van der Waals surface area contributed by atoms with Gasteiger partial charge in [-0.25, -0.2) is 0 Å². The number of carbonyl (C=O) groups excluding carboxylic acids is 1. The Balaban J connectivity index is 2.29. The molecule has 0 saturated carbocycles. The van der Waals surface area contributed by atoms with Crippen LogP contribution in [-0.2, 0) is 16.1 Å². The first-order chi connectivity index (χ1) is 8.09. The van der Waals surface area contributed by atoms with E-state index in [0.29, 0.717) is 6.54 Å². The SMILES string of the molecule is Cc1ccncc1CNC(=O)CSCC(=O)O. The first-order valence-corrected chi connectivity index (χ1v) is 6.21. The summed E-state index contributed by atoms with van der Waals surface area (Å²) in [5.41, 5.74) is 2.03. The normalized spacial score (nSPS) is 9.94. The molecule has 6 heteroatoms. The number of carbonyl (C=O) groups is 2. The van der Waals surface area contributed by atoms with Crippen LogP contribution in [0.25, 0.3) is 0 Å². The van der Waals surface area contributed by atoms with Crippen molar-refractivity contribution in [1.82, 2.24) is 10.3 Å². The fourth-order valence-corrected chi connectivity index (χ4v) is 1.72. The zero-order valence-corrected chi connectivity index (χ0v) is 10.3. The number of nitrogens with one attached hydrogen (secondary N) is 1. The minimum atomic E-state index is -0.911. The molecule has 0 bridgehead atoms. The summed E-state index contributed by atoms with van der Waals surface area (Å²) in [4.78, 5) is 25.6. The molecule has 0 atom stereocenters. The van der Waals surface area contributed by atoms with Gasteiger partial charge in [0.25, 0.3) is 0 Å². The van der Waals surface area contributed by atoms with E-state index in [-0.39, 0.29) is 17.4 Å². The summed E-state index contributed by atoms with van der Waals surface area (Å²) in [6.07, 6.45) is 3.41. The summed E-state index contributed by atoms with van der Waals surface area (Å²) < 4.78 is 0. The van der Waals surface area contributed by atoms with Crippen LogP contribution in [0.2, 0.25) is 0 Å². The van der Waals surface area contributed by atoms with Crippen molar-refractivity contribution in [2.24, 2.45) is 0 Å². The Morgan fingerprint density at radius 2 is 2.24 bits per heavy atom. The van der Waals surface area contributed by atoms with Gasteiger partial charge in [0.05, 0.1) is 11.5 Å². The zero-order chi connectivity index (χ0) is 12.7. The molecule has 0 unspecified atom stereocenters. The molecule has 0 radical (unpaired) electrons. The van der Waals surface area contributed by atoms with E-state index in [1.165, 1.54) is 0 Å². The molecule has 0 aliphatic heterocycles. The predicted molar refractivity (Wildman–Crippen MR) is 65.8 cm³/mol. The number of rotatable bonds is 6. The lowest BCUT2D eigenvalue weighted by Gasteiger charge is -2.06. The summed E-state index contributed by atoms with van der Waals surface area (Å²) in [6.45, 7) is 2.37. The number of thioether (sulfide) groups is 1. The summed E-state index contributed by atoms with van der Waals surface area (Å²) in [7, 11) is 0. The van der Waals surface area contributed by atoms with E-state index in [2.05, 4.69) is 10.3 Å². The Morgan fingerprint density at radius 1 is 1.47 bits per heavy atom. The van der Waals surface area contributed by atoms with Crippen LogP contribution in [0, 0.1) is 6.92 Å². The van der Waals surface area contributed by atoms with Crippen LogP contribution in [0.5, 0.6) is 0 Å². The van der Waals surface area contributed by atoms with Crippen molar-refractivity contribution in [1.29, 1.82) is 0 Å². The highest BCUT2D eigenvalue weighted by Gasteiger charge is 2.05. The number of aryl methyl sites for hydroxylation is 1. The van der Waals surface area contributed by atoms with Crippen molar-refractivity contribution >= 4 is 23.6 Å². The summed E-state index contributed by atoms with van der Waals surface area (Å²) in [6, 6.07) is 1.88. The molecule has 92 valence electrons. The Hall–Kier alpha value is -1.56. The predicted octanol–water partition coefficient (Wildman–Crippen LogP) is 0.824. The van der Waals surface area contributed by atoms with Crippen LogP contribution in [0.4, 0.5) is 0 Å². The zero-order valence-electron chi connectivity index (χ0n) is 9.47. The monoisotopic (exact) mass is 254 g/mol. The first-order valence-electron chi connectivity index (χ1n) is 5.05. The molecular formula is C11H14N2O3S. The molecule has 1 amide bonds. The van der Waals surface area contributed by atoms with Crippen molar-refractivity contribution in [2.45, 2.75) is 13.5 Å². The minimum Gasteiger partial charge on any atom is -0.481 e. The second kappa shape index (κ2) is 6.90. The highest BCUT2D eigenvalue weighted by atomic mass is 32.2. The fourth-order valence-electron chi connectivity index (χ4n) is 1.16. The van der Waals surface area contributed by atoms with Gasteiger partial charge >= 0.3 is 5.97 Å². The maximum absolute atomic E-state index is 11.4. The lowest BCUT2D eigenvalue weighted by atomic mass is 10.2. The van der Waals surface area contributed by atoms with E-state index in [0.717, 1.165) is 22.9 Å². The quantitative estimate of drug-likeness (QED) is 0.786. The average molecular weight is 254 g/mol. The molecule has 0 spiro atoms. The van der Waals surface area contributed by atoms with E-state index in [4.69, 9.17) is 5.11 Å². The van der Waals surface area contributed by atoms with Crippen LogP contribution in [0.1, 0.15) is 11.1 Å². The maximum Gasteiger partial charge on any atom is 0.313 e. The molecule has 0 fully saturated rings. The fraction of sp³-hybridized carbons (Fsp3) is 0.364. The third-order valence-corrected chi connectivity index (χ3v) is 3.00. The van der Waals surface area contributed by atoms with E-state index in [9.17, 15) is 9.59 Å². The first kappa shape index (κ1) is 13.5. The van der Waals surface area contributed by atoms with Crippen LogP contribution in [0.15, 0.2) is 18.5 Å². The molecule has 5 nitrogen and oxygen atoms in total. The van der Waals surface area contributed by atoms with E-state index in [1.807, 2.05) is 13.0 Å². The van der Waals surface area contributed by atoms with Crippen molar-refractivity contribution in [2.75, 3.05) is 11.5 Å². The summed E-state index contributed by atoms with van der Waals surface area (Å²) in [5, 5.41) is 11.1. The molecule has 0 aliphatic carbocycles. The van der Waals surface area contributed by atoms with E-state index < -0.39 is 5.97 Å². The Bertz CT molecular complexity index is 409. The molecular weight excluding hydrogens is 240 g/mol. The number of pyridine rings is 1. The van der Waals surface area contributed by atoms with Crippen LogP contribution in [0.3, 0.4) is 0 Å². The van der Waals surface area contributed by atoms with Gasteiger partial charge in [0.2, 0.25) is 5.91 Å². The molecule has 1 heterocycles. The molecule has 17 heavy (non-hydrogen) atoms.